The number of methoxy groups -OCH3 is 1. The second kappa shape index (κ2) is 6.69. The van der Waals surface area contributed by atoms with Crippen LogP contribution in [0, 0.1) is 5.92 Å². The summed E-state index contributed by atoms with van der Waals surface area (Å²) in [7, 11) is 1.67. The van der Waals surface area contributed by atoms with Crippen LogP contribution in [0.25, 0.3) is 0 Å². The van der Waals surface area contributed by atoms with Crippen LogP contribution in [0.4, 0.5) is 0 Å². The van der Waals surface area contributed by atoms with Crippen LogP contribution in [-0.4, -0.2) is 30.5 Å². The first-order chi connectivity index (χ1) is 10.7. The molecule has 120 valence electrons. The van der Waals surface area contributed by atoms with Crippen molar-refractivity contribution >= 4 is 5.91 Å². The van der Waals surface area contributed by atoms with Gasteiger partial charge in [-0.3, -0.25) is 4.79 Å². The lowest BCUT2D eigenvalue weighted by atomic mass is 9.85. The molecule has 1 amide bonds. The van der Waals surface area contributed by atoms with E-state index in [9.17, 15) is 4.79 Å². The highest BCUT2D eigenvalue weighted by Crippen LogP contribution is 2.36. The maximum absolute atomic E-state index is 12.9. The van der Waals surface area contributed by atoms with Gasteiger partial charge in [0.2, 0.25) is 5.91 Å². The van der Waals surface area contributed by atoms with Crippen molar-refractivity contribution in [1.29, 1.82) is 0 Å². The minimum Gasteiger partial charge on any atom is -0.497 e. The number of ether oxygens (including phenoxy) is 1. The van der Waals surface area contributed by atoms with Gasteiger partial charge in [0, 0.05) is 18.5 Å². The van der Waals surface area contributed by atoms with Gasteiger partial charge in [0.15, 0.2) is 0 Å². The Labute approximate surface area is 132 Å². The molecule has 3 atom stereocenters. The Balaban J connectivity index is 1.73. The third-order valence-corrected chi connectivity index (χ3v) is 5.10. The van der Waals surface area contributed by atoms with Crippen LogP contribution >= 0.6 is 0 Å². The fourth-order valence-electron chi connectivity index (χ4n) is 3.89. The van der Waals surface area contributed by atoms with Crippen molar-refractivity contribution in [3.63, 3.8) is 0 Å². The number of hydrogen-bond acceptors (Lipinski definition) is 3. The van der Waals surface area contributed by atoms with E-state index in [-0.39, 0.29) is 18.0 Å². The van der Waals surface area contributed by atoms with Crippen LogP contribution in [0.2, 0.25) is 0 Å². The first-order valence-corrected chi connectivity index (χ1v) is 8.39. The van der Waals surface area contributed by atoms with Crippen molar-refractivity contribution < 1.29 is 9.53 Å². The molecule has 1 aliphatic heterocycles. The van der Waals surface area contributed by atoms with E-state index in [4.69, 9.17) is 10.5 Å². The molecule has 2 N–H and O–H groups in total. The number of likely N-dealkylation sites (tertiary alicyclic amines) is 1. The summed E-state index contributed by atoms with van der Waals surface area (Å²) >= 11 is 0. The molecule has 2 aliphatic rings. The van der Waals surface area contributed by atoms with Gasteiger partial charge < -0.3 is 15.4 Å². The summed E-state index contributed by atoms with van der Waals surface area (Å²) in [6.07, 6.45) is 6.13. The minimum atomic E-state index is 0.127. The van der Waals surface area contributed by atoms with E-state index in [0.717, 1.165) is 50.8 Å². The van der Waals surface area contributed by atoms with Gasteiger partial charge in [-0.05, 0) is 49.8 Å². The molecule has 4 nitrogen and oxygen atoms in total. The van der Waals surface area contributed by atoms with E-state index >= 15 is 0 Å². The van der Waals surface area contributed by atoms with Crippen LogP contribution in [0.1, 0.15) is 50.1 Å². The third-order valence-electron chi connectivity index (χ3n) is 5.10. The maximum Gasteiger partial charge on any atom is 0.226 e. The number of benzene rings is 1. The van der Waals surface area contributed by atoms with Gasteiger partial charge >= 0.3 is 0 Å². The van der Waals surface area contributed by atoms with E-state index in [0.29, 0.717) is 5.91 Å². The molecule has 0 radical (unpaired) electrons. The number of nitrogens with zero attached hydrogens (tertiary/aromatic N) is 1. The van der Waals surface area contributed by atoms with Crippen LogP contribution < -0.4 is 10.5 Å². The molecule has 1 aromatic rings. The van der Waals surface area contributed by atoms with Gasteiger partial charge in [-0.25, -0.2) is 0 Å². The van der Waals surface area contributed by atoms with Gasteiger partial charge in [-0.2, -0.15) is 0 Å². The number of rotatable bonds is 3. The summed E-state index contributed by atoms with van der Waals surface area (Å²) in [6.45, 7) is 0.876. The smallest absolute Gasteiger partial charge is 0.226 e. The Bertz CT molecular complexity index is 514. The lowest BCUT2D eigenvalue weighted by molar-refractivity contribution is -0.137. The molecule has 1 saturated heterocycles. The van der Waals surface area contributed by atoms with Crippen LogP contribution in [0.3, 0.4) is 0 Å². The number of carbonyl (C=O) groups excluding carboxylic acids is 1. The molecule has 0 spiro atoms. The zero-order chi connectivity index (χ0) is 15.5. The summed E-state index contributed by atoms with van der Waals surface area (Å²) in [5.41, 5.74) is 7.27. The summed E-state index contributed by atoms with van der Waals surface area (Å²) in [4.78, 5) is 15.0. The Kier molecular flexibility index (Phi) is 4.67. The summed E-state index contributed by atoms with van der Waals surface area (Å²) < 4.78 is 5.22. The molecule has 4 heteroatoms. The zero-order valence-corrected chi connectivity index (χ0v) is 13.3. The summed E-state index contributed by atoms with van der Waals surface area (Å²) in [6, 6.07) is 8.55. The molecule has 3 unspecified atom stereocenters. The highest BCUT2D eigenvalue weighted by Gasteiger charge is 2.35. The monoisotopic (exact) mass is 302 g/mol. The van der Waals surface area contributed by atoms with Gasteiger partial charge in [-0.1, -0.05) is 18.6 Å². The largest absolute Gasteiger partial charge is 0.497 e. The molecule has 22 heavy (non-hydrogen) atoms. The van der Waals surface area contributed by atoms with Crippen molar-refractivity contribution in [2.45, 2.75) is 50.6 Å². The van der Waals surface area contributed by atoms with Crippen molar-refractivity contribution in [3.05, 3.63) is 29.8 Å². The fourth-order valence-corrected chi connectivity index (χ4v) is 3.89. The highest BCUT2D eigenvalue weighted by atomic mass is 16.5. The Hall–Kier alpha value is -1.55. The first kappa shape index (κ1) is 15.3. The average molecular weight is 302 g/mol. The summed E-state index contributed by atoms with van der Waals surface area (Å²) in [5, 5.41) is 0. The van der Waals surface area contributed by atoms with E-state index in [1.165, 1.54) is 5.56 Å². The SMILES string of the molecule is COc1ccc(C2CCCN2C(=O)C2CCCC(N)C2)cc1. The van der Waals surface area contributed by atoms with E-state index in [1.54, 1.807) is 7.11 Å². The highest BCUT2D eigenvalue weighted by molar-refractivity contribution is 5.79. The second-order valence-corrected chi connectivity index (χ2v) is 6.59. The molecule has 1 aliphatic carbocycles. The van der Waals surface area contributed by atoms with Gasteiger partial charge in [-0.15, -0.1) is 0 Å². The fraction of sp³-hybridized carbons (Fsp3) is 0.611. The van der Waals surface area contributed by atoms with Gasteiger partial charge in [0.25, 0.3) is 0 Å². The number of carbonyl (C=O) groups is 1. The molecule has 3 rings (SSSR count). The lowest BCUT2D eigenvalue weighted by Gasteiger charge is -2.32. The molecular weight excluding hydrogens is 276 g/mol. The Morgan fingerprint density at radius 1 is 1.18 bits per heavy atom. The van der Waals surface area contributed by atoms with Crippen molar-refractivity contribution in [1.82, 2.24) is 4.90 Å². The Morgan fingerprint density at radius 3 is 2.64 bits per heavy atom. The zero-order valence-electron chi connectivity index (χ0n) is 13.3. The predicted octanol–water partition coefficient (Wildman–Crippen LogP) is 2.88. The standard InChI is InChI=1S/C18H26N2O2/c1-22-16-9-7-13(8-10-16)17-6-3-11-20(17)18(21)14-4-2-5-15(19)12-14/h7-10,14-15,17H,2-6,11-12,19H2,1H3. The Morgan fingerprint density at radius 2 is 1.95 bits per heavy atom. The van der Waals surface area contributed by atoms with Crippen molar-refractivity contribution in [2.75, 3.05) is 13.7 Å². The topological polar surface area (TPSA) is 55.6 Å². The van der Waals surface area contributed by atoms with Gasteiger partial charge in [0.1, 0.15) is 5.75 Å². The number of nitrogens with two attached hydrogens (primary N) is 1. The molecule has 1 saturated carbocycles. The second-order valence-electron chi connectivity index (χ2n) is 6.59. The average Bonchev–Trinajstić information content (AvgIpc) is 3.04. The van der Waals surface area contributed by atoms with Crippen molar-refractivity contribution in [2.24, 2.45) is 11.7 Å². The molecule has 1 aromatic carbocycles. The molecule has 0 aromatic heterocycles. The number of amides is 1. The minimum absolute atomic E-state index is 0.127. The molecule has 0 bridgehead atoms. The van der Waals surface area contributed by atoms with E-state index in [1.807, 2.05) is 12.1 Å². The first-order valence-electron chi connectivity index (χ1n) is 8.39. The predicted molar refractivity (Wildman–Crippen MR) is 86.6 cm³/mol. The number of hydrogen-bond donors (Lipinski definition) is 1. The third kappa shape index (κ3) is 3.12. The molecule has 1 heterocycles. The maximum atomic E-state index is 12.9. The quantitative estimate of drug-likeness (QED) is 0.934. The normalized spacial score (nSPS) is 28.6. The van der Waals surface area contributed by atoms with Crippen LogP contribution in [-0.2, 0) is 4.79 Å². The van der Waals surface area contributed by atoms with Crippen LogP contribution in [0.5, 0.6) is 5.75 Å². The molecular formula is C18H26N2O2. The van der Waals surface area contributed by atoms with E-state index in [2.05, 4.69) is 17.0 Å². The van der Waals surface area contributed by atoms with E-state index < -0.39 is 0 Å². The lowest BCUT2D eigenvalue weighted by Crippen LogP contribution is -2.40. The van der Waals surface area contributed by atoms with Crippen LogP contribution in [0.15, 0.2) is 24.3 Å². The van der Waals surface area contributed by atoms with Crippen molar-refractivity contribution in [3.8, 4) is 5.75 Å². The van der Waals surface area contributed by atoms with Gasteiger partial charge in [0.05, 0.1) is 13.2 Å². The molecule has 2 fully saturated rings. The summed E-state index contributed by atoms with van der Waals surface area (Å²) in [5.74, 6) is 1.30.